The summed E-state index contributed by atoms with van der Waals surface area (Å²) in [6.45, 7) is 8.87. The Kier molecular flexibility index (Phi) is 4.35. The summed E-state index contributed by atoms with van der Waals surface area (Å²) in [5, 5.41) is 0. The quantitative estimate of drug-likeness (QED) is 0.532. The van der Waals surface area contributed by atoms with Crippen LogP contribution in [-0.2, 0) is 18.9 Å². The van der Waals surface area contributed by atoms with Crippen LogP contribution in [0.25, 0.3) is 0 Å². The Morgan fingerprint density at radius 3 is 2.61 bits per heavy atom. The third-order valence-corrected chi connectivity index (χ3v) is 7.73. The van der Waals surface area contributed by atoms with Crippen molar-refractivity contribution in [2.24, 2.45) is 17.8 Å². The van der Waals surface area contributed by atoms with Gasteiger partial charge in [0, 0.05) is 20.2 Å². The van der Waals surface area contributed by atoms with E-state index in [-0.39, 0.29) is 41.5 Å². The average molecular weight is 392 g/mol. The molecule has 0 bridgehead atoms. The molecule has 0 aromatic heterocycles. The summed E-state index contributed by atoms with van der Waals surface area (Å²) in [6.07, 6.45) is 5.67. The average Bonchev–Trinajstić information content (AvgIpc) is 3.62. The van der Waals surface area contributed by atoms with Crippen molar-refractivity contribution in [1.29, 1.82) is 0 Å². The molecular formula is C22H33NO5. The fourth-order valence-electron chi connectivity index (χ4n) is 5.82. The van der Waals surface area contributed by atoms with Gasteiger partial charge in [-0.1, -0.05) is 11.6 Å². The Hall–Kier alpha value is -1.11. The molecule has 3 heterocycles. The Bertz CT molecular complexity index is 674. The molecule has 1 amide bonds. The van der Waals surface area contributed by atoms with Crippen molar-refractivity contribution in [2.45, 2.75) is 76.0 Å². The first kappa shape index (κ1) is 18.9. The lowest BCUT2D eigenvalue weighted by Gasteiger charge is -2.43. The Morgan fingerprint density at radius 1 is 1.29 bits per heavy atom. The van der Waals surface area contributed by atoms with Crippen molar-refractivity contribution in [2.75, 3.05) is 26.8 Å². The molecule has 0 radical (unpaired) electrons. The van der Waals surface area contributed by atoms with Gasteiger partial charge in [0.2, 0.25) is 0 Å². The Balaban J connectivity index is 1.30. The number of fused-ring (bicyclic) bond motifs is 1. The summed E-state index contributed by atoms with van der Waals surface area (Å²) in [5.41, 5.74) is 0.842. The molecule has 3 aliphatic heterocycles. The van der Waals surface area contributed by atoms with Gasteiger partial charge >= 0.3 is 6.09 Å². The van der Waals surface area contributed by atoms with Gasteiger partial charge in [0.15, 0.2) is 0 Å². The molecule has 5 rings (SSSR count). The number of likely N-dealkylation sites (tertiary alicyclic amines) is 1. The minimum absolute atomic E-state index is 0.0825. The SMILES string of the molecule is CO[C@H]1C([C@@]2(C)O[C@@H]2CC=C(C)C)[C@]2(CC[C@H]1OC(=O)N1CC3CC3C1)CO2. The van der Waals surface area contributed by atoms with Crippen molar-refractivity contribution < 1.29 is 23.7 Å². The Labute approximate surface area is 167 Å². The number of hydrogen-bond acceptors (Lipinski definition) is 5. The summed E-state index contributed by atoms with van der Waals surface area (Å²) in [6, 6.07) is 0. The van der Waals surface area contributed by atoms with E-state index >= 15 is 0 Å². The van der Waals surface area contributed by atoms with E-state index in [0.29, 0.717) is 11.8 Å². The summed E-state index contributed by atoms with van der Waals surface area (Å²) in [4.78, 5) is 14.6. The molecule has 3 saturated heterocycles. The molecule has 2 saturated carbocycles. The number of ether oxygens (including phenoxy) is 4. The monoisotopic (exact) mass is 391 g/mol. The molecule has 5 aliphatic rings. The van der Waals surface area contributed by atoms with E-state index in [4.69, 9.17) is 18.9 Å². The standard InChI is InChI=1S/C22H33NO5/c1-13(2)5-6-17-21(3,28-17)19-18(25-4)16(7-8-22(19)12-26-22)27-20(24)23-10-14-9-15(14)11-23/h5,14-19H,6-12H2,1-4H3/t14?,15?,16-,17-,18-,19?,21+,22+/m1/s1. The molecule has 1 spiro atoms. The molecule has 5 fully saturated rings. The van der Waals surface area contributed by atoms with Crippen LogP contribution in [0.2, 0.25) is 0 Å². The lowest BCUT2D eigenvalue weighted by molar-refractivity contribution is -0.121. The molecule has 8 atom stereocenters. The van der Waals surface area contributed by atoms with Crippen LogP contribution >= 0.6 is 0 Å². The number of carbonyl (C=O) groups excluding carboxylic acids is 1. The van der Waals surface area contributed by atoms with Crippen LogP contribution in [-0.4, -0.2) is 67.3 Å². The highest BCUT2D eigenvalue weighted by molar-refractivity contribution is 5.68. The van der Waals surface area contributed by atoms with Gasteiger partial charge in [-0.15, -0.1) is 0 Å². The van der Waals surface area contributed by atoms with Gasteiger partial charge in [-0.05, 0) is 58.3 Å². The van der Waals surface area contributed by atoms with Crippen molar-refractivity contribution in [3.8, 4) is 0 Å². The van der Waals surface area contributed by atoms with Crippen molar-refractivity contribution in [3.05, 3.63) is 11.6 Å². The zero-order valence-corrected chi connectivity index (χ0v) is 17.5. The van der Waals surface area contributed by atoms with Crippen LogP contribution in [0.1, 0.15) is 46.5 Å². The van der Waals surface area contributed by atoms with Crippen molar-refractivity contribution in [3.63, 3.8) is 0 Å². The van der Waals surface area contributed by atoms with E-state index in [9.17, 15) is 4.79 Å². The fraction of sp³-hybridized carbons (Fsp3) is 0.864. The highest BCUT2D eigenvalue weighted by Crippen LogP contribution is 2.59. The van der Waals surface area contributed by atoms with Crippen LogP contribution < -0.4 is 0 Å². The molecule has 156 valence electrons. The number of rotatable bonds is 5. The van der Waals surface area contributed by atoms with E-state index in [0.717, 1.165) is 39.0 Å². The lowest BCUT2D eigenvalue weighted by atomic mass is 9.68. The highest BCUT2D eigenvalue weighted by Gasteiger charge is 2.72. The lowest BCUT2D eigenvalue weighted by Crippen LogP contribution is -2.56. The molecule has 6 heteroatoms. The second-order valence-corrected chi connectivity index (χ2v) is 9.96. The van der Waals surface area contributed by atoms with Gasteiger partial charge in [0.1, 0.15) is 23.4 Å². The number of carbonyl (C=O) groups is 1. The van der Waals surface area contributed by atoms with Crippen molar-refractivity contribution >= 4 is 6.09 Å². The van der Waals surface area contributed by atoms with Crippen molar-refractivity contribution in [1.82, 2.24) is 4.90 Å². The molecule has 0 N–H and O–H groups in total. The van der Waals surface area contributed by atoms with Gasteiger partial charge in [0.25, 0.3) is 0 Å². The maximum absolute atomic E-state index is 12.7. The molecule has 28 heavy (non-hydrogen) atoms. The predicted molar refractivity (Wildman–Crippen MR) is 103 cm³/mol. The van der Waals surface area contributed by atoms with E-state index in [1.807, 2.05) is 4.90 Å². The highest BCUT2D eigenvalue weighted by atomic mass is 16.6. The zero-order valence-electron chi connectivity index (χ0n) is 17.5. The molecular weight excluding hydrogens is 358 g/mol. The third-order valence-electron chi connectivity index (χ3n) is 7.73. The number of epoxide rings is 2. The van der Waals surface area contributed by atoms with Gasteiger partial charge < -0.3 is 23.8 Å². The molecule has 2 aliphatic carbocycles. The number of allylic oxidation sites excluding steroid dienone is 1. The number of piperidine rings is 1. The number of nitrogens with zero attached hydrogens (tertiary/aromatic N) is 1. The predicted octanol–water partition coefficient (Wildman–Crippen LogP) is 3.15. The summed E-state index contributed by atoms with van der Waals surface area (Å²) in [5.74, 6) is 1.50. The number of hydrogen-bond donors (Lipinski definition) is 0. The van der Waals surface area contributed by atoms with E-state index in [1.165, 1.54) is 12.0 Å². The fourth-order valence-corrected chi connectivity index (χ4v) is 5.82. The second-order valence-electron chi connectivity index (χ2n) is 9.96. The summed E-state index contributed by atoms with van der Waals surface area (Å²) < 4.78 is 24.1. The largest absolute Gasteiger partial charge is 0.443 e. The minimum atomic E-state index is -0.288. The molecule has 0 aromatic rings. The molecule has 3 unspecified atom stereocenters. The van der Waals surface area contributed by atoms with Crippen LogP contribution in [0.5, 0.6) is 0 Å². The zero-order chi connectivity index (χ0) is 19.7. The van der Waals surface area contributed by atoms with E-state index in [2.05, 4.69) is 26.8 Å². The topological polar surface area (TPSA) is 63.8 Å². The van der Waals surface area contributed by atoms with Gasteiger partial charge in [0.05, 0.1) is 18.6 Å². The maximum Gasteiger partial charge on any atom is 0.410 e. The van der Waals surface area contributed by atoms with Crippen LogP contribution in [0.3, 0.4) is 0 Å². The van der Waals surface area contributed by atoms with E-state index < -0.39 is 0 Å². The summed E-state index contributed by atoms with van der Waals surface area (Å²) >= 11 is 0. The second kappa shape index (κ2) is 6.44. The van der Waals surface area contributed by atoms with Gasteiger partial charge in [-0.25, -0.2) is 4.79 Å². The smallest absolute Gasteiger partial charge is 0.410 e. The maximum atomic E-state index is 12.7. The van der Waals surface area contributed by atoms with E-state index in [1.54, 1.807) is 7.11 Å². The third kappa shape index (κ3) is 3.08. The number of methoxy groups -OCH3 is 1. The first-order chi connectivity index (χ1) is 13.4. The van der Waals surface area contributed by atoms with Gasteiger partial charge in [-0.3, -0.25) is 0 Å². The van der Waals surface area contributed by atoms with Crippen LogP contribution in [0.15, 0.2) is 11.6 Å². The first-order valence-corrected chi connectivity index (χ1v) is 10.8. The van der Waals surface area contributed by atoms with Crippen LogP contribution in [0, 0.1) is 17.8 Å². The van der Waals surface area contributed by atoms with Crippen LogP contribution in [0.4, 0.5) is 4.79 Å². The normalized spacial score (nSPS) is 48.2. The Morgan fingerprint density at radius 2 is 2.00 bits per heavy atom. The number of amides is 1. The first-order valence-electron chi connectivity index (χ1n) is 10.8. The summed E-state index contributed by atoms with van der Waals surface area (Å²) in [7, 11) is 1.72. The minimum Gasteiger partial charge on any atom is -0.443 e. The van der Waals surface area contributed by atoms with Gasteiger partial charge in [-0.2, -0.15) is 0 Å². The molecule has 0 aromatic carbocycles. The molecule has 6 nitrogen and oxygen atoms in total.